The largest absolute Gasteiger partial charge is 0.310 e. The van der Waals surface area contributed by atoms with E-state index in [1.54, 1.807) is 0 Å². The SMILES string of the molecule is c1ccc(-c2cc(-c3ccccc3)c3c4ccccc4c4cc(-c5cccc6ccccc56)ccc4c3c2-c2ccc(N(c3ccccc3)c3ccc4ccccc4c3)cc2)cc1. The van der Waals surface area contributed by atoms with Crippen LogP contribution in [0.2, 0.25) is 0 Å². The maximum absolute atomic E-state index is 2.45. The molecule has 294 valence electrons. The topological polar surface area (TPSA) is 3.24 Å². The third-order valence-electron chi connectivity index (χ3n) is 12.8. The summed E-state index contributed by atoms with van der Waals surface area (Å²) in [7, 11) is 0. The van der Waals surface area contributed by atoms with Gasteiger partial charge in [-0.05, 0) is 147 Å². The highest BCUT2D eigenvalue weighted by Gasteiger charge is 2.23. The third kappa shape index (κ3) is 6.33. The van der Waals surface area contributed by atoms with E-state index in [2.05, 4.69) is 254 Å². The highest BCUT2D eigenvalue weighted by molar-refractivity contribution is 6.33. The highest BCUT2D eigenvalue weighted by atomic mass is 15.1. The van der Waals surface area contributed by atoms with Gasteiger partial charge < -0.3 is 4.90 Å². The summed E-state index contributed by atoms with van der Waals surface area (Å²) in [6.07, 6.45) is 0. The molecule has 0 amide bonds. The van der Waals surface area contributed by atoms with E-state index in [0.717, 1.165) is 17.1 Å². The first kappa shape index (κ1) is 36.6. The van der Waals surface area contributed by atoms with Gasteiger partial charge in [0.25, 0.3) is 0 Å². The fourth-order valence-corrected chi connectivity index (χ4v) is 9.91. The van der Waals surface area contributed by atoms with Crippen LogP contribution in [0.3, 0.4) is 0 Å². The van der Waals surface area contributed by atoms with E-state index >= 15 is 0 Å². The number of hydrogen-bond donors (Lipinski definition) is 0. The average Bonchev–Trinajstić information content (AvgIpc) is 3.36. The molecule has 0 saturated carbocycles. The second-order valence-electron chi connectivity index (χ2n) is 16.4. The van der Waals surface area contributed by atoms with Crippen LogP contribution in [0, 0.1) is 0 Å². The molecule has 12 aromatic rings. The minimum absolute atomic E-state index is 1.10. The summed E-state index contributed by atoms with van der Waals surface area (Å²) < 4.78 is 0. The van der Waals surface area contributed by atoms with E-state index in [4.69, 9.17) is 0 Å². The Kier molecular flexibility index (Phi) is 8.90. The van der Waals surface area contributed by atoms with Crippen LogP contribution in [-0.4, -0.2) is 0 Å². The highest BCUT2D eigenvalue weighted by Crippen LogP contribution is 2.50. The second-order valence-corrected chi connectivity index (χ2v) is 16.4. The molecule has 63 heavy (non-hydrogen) atoms. The van der Waals surface area contributed by atoms with Crippen LogP contribution in [0.15, 0.2) is 249 Å². The lowest BCUT2D eigenvalue weighted by Gasteiger charge is -2.26. The third-order valence-corrected chi connectivity index (χ3v) is 12.8. The molecule has 0 radical (unpaired) electrons. The molecule has 1 nitrogen and oxygen atoms in total. The van der Waals surface area contributed by atoms with Crippen molar-refractivity contribution in [3.05, 3.63) is 249 Å². The van der Waals surface area contributed by atoms with E-state index in [-0.39, 0.29) is 0 Å². The van der Waals surface area contributed by atoms with Gasteiger partial charge in [0.2, 0.25) is 0 Å². The Balaban J connectivity index is 1.16. The molecule has 0 fully saturated rings. The molecule has 0 aliphatic rings. The zero-order valence-electron chi connectivity index (χ0n) is 34.6. The number of para-hydroxylation sites is 1. The smallest absolute Gasteiger partial charge is 0.0468 e. The van der Waals surface area contributed by atoms with Crippen molar-refractivity contribution in [2.75, 3.05) is 4.90 Å². The summed E-state index contributed by atoms with van der Waals surface area (Å²) in [6, 6.07) is 91.2. The van der Waals surface area contributed by atoms with Crippen molar-refractivity contribution >= 4 is 70.9 Å². The van der Waals surface area contributed by atoms with Crippen molar-refractivity contribution in [1.29, 1.82) is 0 Å². The van der Waals surface area contributed by atoms with E-state index < -0.39 is 0 Å². The molecule has 0 heterocycles. The molecule has 0 aromatic heterocycles. The lowest BCUT2D eigenvalue weighted by Crippen LogP contribution is -2.09. The molecule has 0 aliphatic carbocycles. The van der Waals surface area contributed by atoms with Gasteiger partial charge in [-0.3, -0.25) is 0 Å². The van der Waals surface area contributed by atoms with Gasteiger partial charge in [-0.1, -0.05) is 200 Å². The molecule has 12 rings (SSSR count). The Labute approximate surface area is 367 Å². The van der Waals surface area contributed by atoms with E-state index in [1.165, 1.54) is 98.4 Å². The summed E-state index contributed by atoms with van der Waals surface area (Å²) >= 11 is 0. The molecule has 0 spiro atoms. The molecule has 1 heteroatoms. The normalized spacial score (nSPS) is 11.5. The maximum atomic E-state index is 2.45. The monoisotopic (exact) mass is 799 g/mol. The molecule has 0 atom stereocenters. The van der Waals surface area contributed by atoms with Crippen molar-refractivity contribution < 1.29 is 0 Å². The second kappa shape index (κ2) is 15.3. The van der Waals surface area contributed by atoms with E-state index in [1.807, 2.05) is 0 Å². The van der Waals surface area contributed by atoms with Crippen molar-refractivity contribution in [3.8, 4) is 44.5 Å². The van der Waals surface area contributed by atoms with E-state index in [0.29, 0.717) is 0 Å². The number of rotatable bonds is 7. The van der Waals surface area contributed by atoms with Gasteiger partial charge in [-0.25, -0.2) is 0 Å². The van der Waals surface area contributed by atoms with Crippen LogP contribution in [0.25, 0.3) is 98.4 Å². The molecule has 0 bridgehead atoms. The van der Waals surface area contributed by atoms with Crippen LogP contribution in [-0.2, 0) is 0 Å². The first-order chi connectivity index (χ1) is 31.3. The van der Waals surface area contributed by atoms with Crippen molar-refractivity contribution in [3.63, 3.8) is 0 Å². The maximum Gasteiger partial charge on any atom is 0.0468 e. The van der Waals surface area contributed by atoms with Crippen LogP contribution in [0.5, 0.6) is 0 Å². The van der Waals surface area contributed by atoms with Gasteiger partial charge >= 0.3 is 0 Å². The van der Waals surface area contributed by atoms with Gasteiger partial charge in [0, 0.05) is 17.1 Å². The number of nitrogens with zero attached hydrogens (tertiary/aromatic N) is 1. The fraction of sp³-hybridized carbons (Fsp3) is 0. The number of anilines is 3. The van der Waals surface area contributed by atoms with Gasteiger partial charge in [-0.2, -0.15) is 0 Å². The number of fused-ring (bicyclic) bond motifs is 8. The standard InChI is InChI=1S/C62H41N/c1-4-18-44(19-5-1)57-41-58(45-20-6-2-7-21-45)61-55-29-15-14-28-54(55)59-40-48(53-30-16-24-43-22-12-13-27-52(43)53)34-38-56(59)62(61)60(57)46-32-35-50(36-33-46)63(49-25-8-3-9-26-49)51-37-31-42-17-10-11-23-47(42)39-51/h1-41H. The minimum atomic E-state index is 1.10. The quantitative estimate of drug-likeness (QED) is 0.145. The van der Waals surface area contributed by atoms with Crippen molar-refractivity contribution in [1.82, 2.24) is 0 Å². The summed E-state index contributed by atoms with van der Waals surface area (Å²) in [5.41, 5.74) is 13.0. The van der Waals surface area contributed by atoms with Crippen molar-refractivity contribution in [2.45, 2.75) is 0 Å². The van der Waals surface area contributed by atoms with Crippen LogP contribution < -0.4 is 4.90 Å². The Morgan fingerprint density at radius 2 is 0.762 bits per heavy atom. The van der Waals surface area contributed by atoms with Crippen LogP contribution >= 0.6 is 0 Å². The number of benzene rings is 12. The molecule has 0 aliphatic heterocycles. The van der Waals surface area contributed by atoms with Gasteiger partial charge in [0.15, 0.2) is 0 Å². The predicted molar refractivity (Wildman–Crippen MR) is 270 cm³/mol. The predicted octanol–water partition coefficient (Wildman–Crippen LogP) is 17.6. The zero-order chi connectivity index (χ0) is 41.7. The lowest BCUT2D eigenvalue weighted by molar-refractivity contribution is 1.29. The summed E-state index contributed by atoms with van der Waals surface area (Å²) in [5, 5.41) is 12.5. The van der Waals surface area contributed by atoms with Crippen LogP contribution in [0.1, 0.15) is 0 Å². The van der Waals surface area contributed by atoms with Gasteiger partial charge in [0.05, 0.1) is 0 Å². The van der Waals surface area contributed by atoms with Crippen LogP contribution in [0.4, 0.5) is 17.1 Å². The fourth-order valence-electron chi connectivity index (χ4n) is 9.91. The Hall–Kier alpha value is -8.26. The first-order valence-electron chi connectivity index (χ1n) is 21.8. The minimum Gasteiger partial charge on any atom is -0.310 e. The number of hydrogen-bond acceptors (Lipinski definition) is 1. The molecule has 0 saturated heterocycles. The summed E-state index contributed by atoms with van der Waals surface area (Å²) in [4.78, 5) is 2.36. The van der Waals surface area contributed by atoms with Gasteiger partial charge in [-0.15, -0.1) is 0 Å². The Morgan fingerprint density at radius 3 is 1.51 bits per heavy atom. The lowest BCUT2D eigenvalue weighted by atomic mass is 9.81. The molecule has 0 unspecified atom stereocenters. The molecule has 0 N–H and O–H groups in total. The molecular weight excluding hydrogens is 759 g/mol. The first-order valence-corrected chi connectivity index (χ1v) is 21.8. The van der Waals surface area contributed by atoms with E-state index in [9.17, 15) is 0 Å². The average molecular weight is 800 g/mol. The Bertz CT molecular complexity index is 3640. The Morgan fingerprint density at radius 1 is 0.222 bits per heavy atom. The molecule has 12 aromatic carbocycles. The van der Waals surface area contributed by atoms with Crippen molar-refractivity contribution in [2.24, 2.45) is 0 Å². The van der Waals surface area contributed by atoms with Gasteiger partial charge in [0.1, 0.15) is 0 Å². The summed E-state index contributed by atoms with van der Waals surface area (Å²) in [5.74, 6) is 0. The molecular formula is C62H41N. The summed E-state index contributed by atoms with van der Waals surface area (Å²) in [6.45, 7) is 0. The zero-order valence-corrected chi connectivity index (χ0v) is 34.6.